The lowest BCUT2D eigenvalue weighted by Crippen LogP contribution is -1.83. The van der Waals surface area contributed by atoms with E-state index in [1.165, 1.54) is 12.8 Å². The van der Waals surface area contributed by atoms with Gasteiger partial charge in [-0.1, -0.05) is 62.1 Å². The molecule has 0 aliphatic rings. The van der Waals surface area contributed by atoms with Crippen LogP contribution in [0.25, 0.3) is 0 Å². The van der Waals surface area contributed by atoms with Crippen molar-refractivity contribution >= 4 is 0 Å². The van der Waals surface area contributed by atoms with Gasteiger partial charge in [0.25, 0.3) is 0 Å². The molecule has 0 nitrogen and oxygen atoms in total. The van der Waals surface area contributed by atoms with E-state index in [4.69, 9.17) is 0 Å². The molecule has 0 unspecified atom stereocenters. The van der Waals surface area contributed by atoms with Gasteiger partial charge in [0.15, 0.2) is 0 Å². The largest absolute Gasteiger partial charge is 0.0982 e. The van der Waals surface area contributed by atoms with Crippen molar-refractivity contribution in [3.05, 3.63) is 47.0 Å². The van der Waals surface area contributed by atoms with E-state index >= 15 is 0 Å². The molecule has 1 aromatic rings. The van der Waals surface area contributed by atoms with Crippen molar-refractivity contribution in [2.75, 3.05) is 0 Å². The first-order valence-electron chi connectivity index (χ1n) is 7.03. The molecule has 0 aliphatic carbocycles. The second-order valence-corrected chi connectivity index (χ2v) is 4.48. The molecule has 0 heteroatoms. The molecule has 0 bridgehead atoms. The summed E-state index contributed by atoms with van der Waals surface area (Å²) in [6, 6.07) is 10.1. The van der Waals surface area contributed by atoms with Gasteiger partial charge in [0.05, 0.1) is 0 Å². The highest BCUT2D eigenvalue weighted by atomic mass is 14.0. The fourth-order valence-electron chi connectivity index (χ4n) is 1.65. The quantitative estimate of drug-likeness (QED) is 0.525. The smallest absolute Gasteiger partial charge is 0.0248 e. The maximum atomic E-state index is 3.25. The summed E-state index contributed by atoms with van der Waals surface area (Å²) in [7, 11) is 0. The van der Waals surface area contributed by atoms with Gasteiger partial charge < -0.3 is 0 Å². The Hall–Kier alpha value is -1.92. The van der Waals surface area contributed by atoms with Crippen molar-refractivity contribution in [1.82, 2.24) is 0 Å². The van der Waals surface area contributed by atoms with Crippen LogP contribution in [0, 0.1) is 23.7 Å². The van der Waals surface area contributed by atoms with E-state index in [1.807, 2.05) is 30.3 Å². The van der Waals surface area contributed by atoms with Gasteiger partial charge in [-0.05, 0) is 31.9 Å². The Morgan fingerprint density at radius 1 is 1.05 bits per heavy atom. The SMILES string of the molecule is CCCCC#C/C(C)=C(\C#Cc1ccccc1)CC. The van der Waals surface area contributed by atoms with Crippen LogP contribution in [0.4, 0.5) is 0 Å². The number of rotatable bonds is 3. The van der Waals surface area contributed by atoms with E-state index in [1.54, 1.807) is 0 Å². The monoisotopic (exact) mass is 250 g/mol. The Labute approximate surface area is 117 Å². The minimum Gasteiger partial charge on any atom is -0.0982 e. The van der Waals surface area contributed by atoms with Crippen molar-refractivity contribution in [1.29, 1.82) is 0 Å². The Morgan fingerprint density at radius 3 is 2.42 bits per heavy atom. The van der Waals surface area contributed by atoms with Gasteiger partial charge in [0.2, 0.25) is 0 Å². The van der Waals surface area contributed by atoms with E-state index in [2.05, 4.69) is 44.5 Å². The van der Waals surface area contributed by atoms with Crippen LogP contribution in [0.2, 0.25) is 0 Å². The van der Waals surface area contributed by atoms with Crippen molar-refractivity contribution in [2.45, 2.75) is 46.5 Å². The van der Waals surface area contributed by atoms with Crippen LogP contribution in [0.5, 0.6) is 0 Å². The minimum atomic E-state index is 0.939. The van der Waals surface area contributed by atoms with E-state index in [0.29, 0.717) is 0 Å². The standard InChI is InChI=1S/C19H22/c1-4-6-7-9-12-17(3)19(5-2)16-15-18-13-10-8-11-14-18/h8,10-11,13-14H,4-7H2,1-3H3/b19-17-. The summed E-state index contributed by atoms with van der Waals surface area (Å²) in [5.74, 6) is 12.9. The van der Waals surface area contributed by atoms with Gasteiger partial charge >= 0.3 is 0 Å². The average Bonchev–Trinajstić information content (AvgIpc) is 2.45. The maximum absolute atomic E-state index is 3.25. The van der Waals surface area contributed by atoms with E-state index in [0.717, 1.165) is 29.6 Å². The van der Waals surface area contributed by atoms with Crippen molar-refractivity contribution in [2.24, 2.45) is 0 Å². The van der Waals surface area contributed by atoms with Gasteiger partial charge in [-0.15, -0.1) is 0 Å². The van der Waals surface area contributed by atoms with Crippen LogP contribution >= 0.6 is 0 Å². The zero-order valence-electron chi connectivity index (χ0n) is 12.2. The summed E-state index contributed by atoms with van der Waals surface area (Å²) in [5, 5.41) is 0. The number of allylic oxidation sites excluding steroid dienone is 2. The van der Waals surface area contributed by atoms with E-state index in [9.17, 15) is 0 Å². The third-order valence-electron chi connectivity index (χ3n) is 2.87. The average molecular weight is 250 g/mol. The van der Waals surface area contributed by atoms with Gasteiger partial charge in [0.1, 0.15) is 0 Å². The lowest BCUT2D eigenvalue weighted by atomic mass is 10.1. The fourth-order valence-corrected chi connectivity index (χ4v) is 1.65. The van der Waals surface area contributed by atoms with Crippen molar-refractivity contribution in [3.63, 3.8) is 0 Å². The number of hydrogen-bond acceptors (Lipinski definition) is 0. The second-order valence-electron chi connectivity index (χ2n) is 4.48. The molecule has 0 aliphatic heterocycles. The zero-order valence-corrected chi connectivity index (χ0v) is 12.2. The van der Waals surface area contributed by atoms with E-state index in [-0.39, 0.29) is 0 Å². The van der Waals surface area contributed by atoms with Crippen LogP contribution in [0.1, 0.15) is 52.0 Å². The molecule has 0 aromatic heterocycles. The zero-order chi connectivity index (χ0) is 13.9. The normalized spacial score (nSPS) is 10.7. The summed E-state index contributed by atoms with van der Waals surface area (Å²) in [4.78, 5) is 0. The molecule has 0 radical (unpaired) electrons. The molecule has 0 amide bonds. The van der Waals surface area contributed by atoms with Crippen LogP contribution < -0.4 is 0 Å². The minimum absolute atomic E-state index is 0.939. The molecule has 1 aromatic carbocycles. The first-order valence-corrected chi connectivity index (χ1v) is 7.03. The summed E-state index contributed by atoms with van der Waals surface area (Å²) >= 11 is 0. The van der Waals surface area contributed by atoms with Crippen LogP contribution in [0.15, 0.2) is 41.5 Å². The second kappa shape index (κ2) is 9.07. The number of unbranched alkanes of at least 4 members (excludes halogenated alkanes) is 2. The number of hydrogen-bond donors (Lipinski definition) is 0. The molecule has 1 rings (SSSR count). The first-order chi connectivity index (χ1) is 9.27. The molecule has 0 N–H and O–H groups in total. The summed E-state index contributed by atoms with van der Waals surface area (Å²) in [6.45, 7) is 6.39. The van der Waals surface area contributed by atoms with E-state index < -0.39 is 0 Å². The third-order valence-corrected chi connectivity index (χ3v) is 2.87. The molecule has 0 saturated carbocycles. The number of benzene rings is 1. The van der Waals surface area contributed by atoms with Gasteiger partial charge in [0, 0.05) is 23.1 Å². The van der Waals surface area contributed by atoms with Gasteiger partial charge in [-0.3, -0.25) is 0 Å². The van der Waals surface area contributed by atoms with Crippen LogP contribution in [-0.4, -0.2) is 0 Å². The van der Waals surface area contributed by atoms with Crippen molar-refractivity contribution < 1.29 is 0 Å². The summed E-state index contributed by atoms with van der Waals surface area (Å²) < 4.78 is 0. The Morgan fingerprint density at radius 2 is 1.79 bits per heavy atom. The summed E-state index contributed by atoms with van der Waals surface area (Å²) in [5.41, 5.74) is 3.31. The Kier molecular flexibility index (Phi) is 7.23. The topological polar surface area (TPSA) is 0 Å². The highest BCUT2D eigenvalue weighted by Gasteiger charge is 1.93. The van der Waals surface area contributed by atoms with Crippen molar-refractivity contribution in [3.8, 4) is 23.7 Å². The first kappa shape index (κ1) is 15.1. The highest BCUT2D eigenvalue weighted by Crippen LogP contribution is 2.07. The lowest BCUT2D eigenvalue weighted by molar-refractivity contribution is 0.828. The molecule has 0 heterocycles. The molecule has 98 valence electrons. The molecular weight excluding hydrogens is 228 g/mol. The molecule has 19 heavy (non-hydrogen) atoms. The maximum Gasteiger partial charge on any atom is 0.0248 e. The molecule has 0 spiro atoms. The predicted molar refractivity (Wildman–Crippen MR) is 83.6 cm³/mol. The van der Waals surface area contributed by atoms with Gasteiger partial charge in [-0.2, -0.15) is 0 Å². The lowest BCUT2D eigenvalue weighted by Gasteiger charge is -1.96. The summed E-state index contributed by atoms with van der Waals surface area (Å²) in [6.07, 6.45) is 4.30. The molecule has 0 fully saturated rings. The van der Waals surface area contributed by atoms with Gasteiger partial charge in [-0.25, -0.2) is 0 Å². The third kappa shape index (κ3) is 5.98. The molecule has 0 saturated heterocycles. The van der Waals surface area contributed by atoms with Crippen LogP contribution in [0.3, 0.4) is 0 Å². The Bertz CT molecular complexity index is 524. The molecule has 0 atom stereocenters. The fraction of sp³-hybridized carbons (Fsp3) is 0.368. The van der Waals surface area contributed by atoms with Crippen LogP contribution in [-0.2, 0) is 0 Å². The predicted octanol–water partition coefficient (Wildman–Crippen LogP) is 4.96. The Balaban J connectivity index is 2.81. The highest BCUT2D eigenvalue weighted by molar-refractivity contribution is 5.46. The molecular formula is C19H22.